The van der Waals surface area contributed by atoms with E-state index in [1.165, 1.54) is 6.07 Å². The van der Waals surface area contributed by atoms with E-state index < -0.39 is 0 Å². The van der Waals surface area contributed by atoms with E-state index in [1.54, 1.807) is 12.1 Å². The zero-order valence-corrected chi connectivity index (χ0v) is 10.1. The first-order valence-corrected chi connectivity index (χ1v) is 6.37. The lowest BCUT2D eigenvalue weighted by atomic mass is 10.1. The fourth-order valence-corrected chi connectivity index (χ4v) is 3.03. The lowest BCUT2D eigenvalue weighted by Crippen LogP contribution is -2.49. The zero-order valence-electron chi connectivity index (χ0n) is 10.1. The fraction of sp³-hybridized carbons (Fsp3) is 0.500. The van der Waals surface area contributed by atoms with Crippen molar-refractivity contribution in [1.82, 2.24) is 0 Å². The van der Waals surface area contributed by atoms with Crippen LogP contribution in [-0.4, -0.2) is 25.3 Å². The summed E-state index contributed by atoms with van der Waals surface area (Å²) in [4.78, 5) is 2.11. The molecule has 2 atom stereocenters. The molecule has 0 amide bonds. The summed E-state index contributed by atoms with van der Waals surface area (Å²) >= 11 is 0. The van der Waals surface area contributed by atoms with Crippen molar-refractivity contribution in [3.05, 3.63) is 29.6 Å². The second-order valence-electron chi connectivity index (χ2n) is 4.88. The van der Waals surface area contributed by atoms with Gasteiger partial charge in [-0.1, -0.05) is 0 Å². The average Bonchev–Trinajstić information content (AvgIpc) is 2.87. The SMILES string of the molecule is N#Cc1ccc(N2CCOC3CCCC32)c(F)c1. The van der Waals surface area contributed by atoms with Crippen LogP contribution in [-0.2, 0) is 4.74 Å². The first-order chi connectivity index (χ1) is 8.79. The van der Waals surface area contributed by atoms with E-state index in [0.717, 1.165) is 25.8 Å². The monoisotopic (exact) mass is 246 g/mol. The number of nitrogens with zero attached hydrogens (tertiary/aromatic N) is 2. The summed E-state index contributed by atoms with van der Waals surface area (Å²) in [6, 6.07) is 6.96. The highest BCUT2D eigenvalue weighted by molar-refractivity contribution is 5.52. The Bertz CT molecular complexity index is 497. The minimum absolute atomic E-state index is 0.244. The number of morpholine rings is 1. The van der Waals surface area contributed by atoms with Gasteiger partial charge in [-0.25, -0.2) is 4.39 Å². The maximum absolute atomic E-state index is 14.0. The Kier molecular flexibility index (Phi) is 2.92. The molecular weight excluding hydrogens is 231 g/mol. The molecule has 0 spiro atoms. The van der Waals surface area contributed by atoms with Gasteiger partial charge in [0.15, 0.2) is 0 Å². The molecule has 2 aliphatic rings. The molecule has 1 heterocycles. The molecule has 1 aromatic rings. The topological polar surface area (TPSA) is 36.3 Å². The molecule has 1 aliphatic heterocycles. The van der Waals surface area contributed by atoms with Crippen molar-refractivity contribution in [2.24, 2.45) is 0 Å². The van der Waals surface area contributed by atoms with Crippen LogP contribution in [0, 0.1) is 17.1 Å². The smallest absolute Gasteiger partial charge is 0.147 e. The minimum atomic E-state index is -0.304. The molecule has 3 nitrogen and oxygen atoms in total. The first kappa shape index (κ1) is 11.5. The highest BCUT2D eigenvalue weighted by Gasteiger charge is 2.36. The van der Waals surface area contributed by atoms with Crippen LogP contribution in [0.3, 0.4) is 0 Å². The third-order valence-corrected chi connectivity index (χ3v) is 3.87. The number of fused-ring (bicyclic) bond motifs is 1. The molecule has 0 radical (unpaired) electrons. The number of rotatable bonds is 1. The van der Waals surface area contributed by atoms with Crippen LogP contribution in [0.2, 0.25) is 0 Å². The van der Waals surface area contributed by atoms with E-state index in [1.807, 2.05) is 6.07 Å². The Morgan fingerprint density at radius 3 is 3.06 bits per heavy atom. The number of nitriles is 1. The molecule has 1 saturated carbocycles. The lowest BCUT2D eigenvalue weighted by Gasteiger charge is -2.39. The van der Waals surface area contributed by atoms with E-state index in [-0.39, 0.29) is 11.9 Å². The van der Waals surface area contributed by atoms with Gasteiger partial charge in [-0.3, -0.25) is 0 Å². The minimum Gasteiger partial charge on any atom is -0.374 e. The van der Waals surface area contributed by atoms with Gasteiger partial charge < -0.3 is 9.64 Å². The van der Waals surface area contributed by atoms with E-state index in [2.05, 4.69) is 4.90 Å². The van der Waals surface area contributed by atoms with Crippen molar-refractivity contribution in [3.8, 4) is 6.07 Å². The summed E-state index contributed by atoms with van der Waals surface area (Å²) in [6.07, 6.45) is 3.51. The Balaban J connectivity index is 1.92. The number of hydrogen-bond acceptors (Lipinski definition) is 3. The second kappa shape index (κ2) is 4.58. The van der Waals surface area contributed by atoms with Crippen LogP contribution in [0.5, 0.6) is 0 Å². The highest BCUT2D eigenvalue weighted by atomic mass is 19.1. The molecule has 18 heavy (non-hydrogen) atoms. The fourth-order valence-electron chi connectivity index (χ4n) is 3.03. The van der Waals surface area contributed by atoms with Crippen molar-refractivity contribution in [1.29, 1.82) is 5.26 Å². The summed E-state index contributed by atoms with van der Waals surface area (Å²) in [5.74, 6) is -0.304. The van der Waals surface area contributed by atoms with E-state index in [0.29, 0.717) is 23.9 Å². The number of anilines is 1. The molecule has 2 unspecified atom stereocenters. The molecule has 0 bridgehead atoms. The van der Waals surface area contributed by atoms with Crippen molar-refractivity contribution in [2.75, 3.05) is 18.1 Å². The van der Waals surface area contributed by atoms with Gasteiger partial charge in [0, 0.05) is 6.54 Å². The number of ether oxygens (including phenoxy) is 1. The van der Waals surface area contributed by atoms with E-state index in [9.17, 15) is 4.39 Å². The summed E-state index contributed by atoms with van der Waals surface area (Å²) in [6.45, 7) is 1.38. The molecule has 2 fully saturated rings. The lowest BCUT2D eigenvalue weighted by molar-refractivity contribution is 0.0254. The maximum Gasteiger partial charge on any atom is 0.147 e. The summed E-state index contributed by atoms with van der Waals surface area (Å²) in [5, 5.41) is 8.76. The van der Waals surface area contributed by atoms with Gasteiger partial charge in [0.05, 0.1) is 36.1 Å². The molecule has 1 saturated heterocycles. The maximum atomic E-state index is 14.0. The molecule has 0 N–H and O–H groups in total. The second-order valence-corrected chi connectivity index (χ2v) is 4.88. The Labute approximate surface area is 106 Å². The van der Waals surface area contributed by atoms with Crippen LogP contribution in [0.15, 0.2) is 18.2 Å². The zero-order chi connectivity index (χ0) is 12.5. The molecule has 1 aromatic carbocycles. The van der Waals surface area contributed by atoms with Crippen molar-refractivity contribution >= 4 is 5.69 Å². The quantitative estimate of drug-likeness (QED) is 0.763. The normalized spacial score (nSPS) is 26.8. The third kappa shape index (κ3) is 1.85. The largest absolute Gasteiger partial charge is 0.374 e. The van der Waals surface area contributed by atoms with Crippen LogP contribution in [0.4, 0.5) is 10.1 Å². The number of halogens is 1. The van der Waals surface area contributed by atoms with Gasteiger partial charge in [0.2, 0.25) is 0 Å². The third-order valence-electron chi connectivity index (χ3n) is 3.87. The molecular formula is C14H15FN2O. The number of hydrogen-bond donors (Lipinski definition) is 0. The summed E-state index contributed by atoms with van der Waals surface area (Å²) < 4.78 is 19.8. The average molecular weight is 246 g/mol. The van der Waals surface area contributed by atoms with Crippen molar-refractivity contribution < 1.29 is 9.13 Å². The van der Waals surface area contributed by atoms with E-state index >= 15 is 0 Å². The predicted octanol–water partition coefficient (Wildman–Crippen LogP) is 2.46. The first-order valence-electron chi connectivity index (χ1n) is 6.37. The van der Waals surface area contributed by atoms with Gasteiger partial charge in [0.1, 0.15) is 5.82 Å². The Hall–Kier alpha value is -1.60. The molecule has 94 valence electrons. The molecule has 3 rings (SSSR count). The van der Waals surface area contributed by atoms with Crippen molar-refractivity contribution in [3.63, 3.8) is 0 Å². The molecule has 4 heteroatoms. The highest BCUT2D eigenvalue weighted by Crippen LogP contribution is 2.34. The molecule has 0 aromatic heterocycles. The molecule has 1 aliphatic carbocycles. The Morgan fingerprint density at radius 1 is 1.39 bits per heavy atom. The predicted molar refractivity (Wildman–Crippen MR) is 65.8 cm³/mol. The van der Waals surface area contributed by atoms with Gasteiger partial charge in [-0.15, -0.1) is 0 Å². The van der Waals surface area contributed by atoms with E-state index in [4.69, 9.17) is 10.00 Å². The van der Waals surface area contributed by atoms with Crippen LogP contribution in [0.25, 0.3) is 0 Å². The Morgan fingerprint density at radius 2 is 2.28 bits per heavy atom. The van der Waals surface area contributed by atoms with Crippen LogP contribution in [0.1, 0.15) is 24.8 Å². The summed E-state index contributed by atoms with van der Waals surface area (Å²) in [5.41, 5.74) is 0.974. The number of benzene rings is 1. The standard InChI is InChI=1S/C14H15FN2O/c15-11-8-10(9-16)4-5-12(11)17-6-7-18-14-3-1-2-13(14)17/h4-5,8,13-14H,1-3,6-7H2. The van der Waals surface area contributed by atoms with Gasteiger partial charge in [-0.2, -0.15) is 5.26 Å². The summed E-state index contributed by atoms with van der Waals surface area (Å²) in [7, 11) is 0. The van der Waals surface area contributed by atoms with Crippen LogP contribution >= 0.6 is 0 Å². The van der Waals surface area contributed by atoms with Crippen molar-refractivity contribution in [2.45, 2.75) is 31.4 Å². The van der Waals surface area contributed by atoms with Crippen LogP contribution < -0.4 is 4.90 Å². The van der Waals surface area contributed by atoms with Gasteiger partial charge in [-0.05, 0) is 37.5 Å². The van der Waals surface area contributed by atoms with Gasteiger partial charge >= 0.3 is 0 Å². The van der Waals surface area contributed by atoms with Gasteiger partial charge in [0.25, 0.3) is 0 Å².